The lowest BCUT2D eigenvalue weighted by Gasteiger charge is -2.27. The van der Waals surface area contributed by atoms with Crippen LogP contribution in [0.2, 0.25) is 5.02 Å². The van der Waals surface area contributed by atoms with Crippen molar-refractivity contribution in [3.05, 3.63) is 34.3 Å². The second-order valence-electron chi connectivity index (χ2n) is 2.90. The van der Waals surface area contributed by atoms with Gasteiger partial charge in [0.1, 0.15) is 0 Å². The summed E-state index contributed by atoms with van der Waals surface area (Å²) in [6, 6.07) is 5.40. The van der Waals surface area contributed by atoms with E-state index in [-0.39, 0.29) is 5.92 Å². The van der Waals surface area contributed by atoms with Crippen LogP contribution < -0.4 is 0 Å². The molecule has 0 fully saturated rings. The third-order valence-corrected chi connectivity index (χ3v) is 2.59. The monoisotopic (exact) mass is 182 g/mol. The Morgan fingerprint density at radius 1 is 1.58 bits per heavy atom. The van der Waals surface area contributed by atoms with Crippen molar-refractivity contribution in [3.8, 4) is 0 Å². The normalized spacial score (nSPS) is 19.6. The van der Waals surface area contributed by atoms with E-state index < -0.39 is 5.97 Å². The van der Waals surface area contributed by atoms with Gasteiger partial charge >= 0.3 is 5.97 Å². The Labute approximate surface area is 74.8 Å². The maximum absolute atomic E-state index is 10.6. The van der Waals surface area contributed by atoms with Crippen LogP contribution >= 0.6 is 11.6 Å². The van der Waals surface area contributed by atoms with Gasteiger partial charge in [0, 0.05) is 5.02 Å². The van der Waals surface area contributed by atoms with Gasteiger partial charge in [-0.2, -0.15) is 0 Å². The summed E-state index contributed by atoms with van der Waals surface area (Å²) in [7, 11) is 0. The predicted octanol–water partition coefficient (Wildman–Crippen LogP) is 2.06. The van der Waals surface area contributed by atoms with Gasteiger partial charge in [0.05, 0.1) is 5.92 Å². The highest BCUT2D eigenvalue weighted by Gasteiger charge is 2.33. The van der Waals surface area contributed by atoms with Crippen molar-refractivity contribution in [2.75, 3.05) is 0 Å². The number of benzene rings is 1. The molecular weight excluding hydrogens is 176 g/mol. The fourth-order valence-electron chi connectivity index (χ4n) is 1.52. The summed E-state index contributed by atoms with van der Waals surface area (Å²) in [5.41, 5.74) is 1.86. The van der Waals surface area contributed by atoms with Crippen LogP contribution in [0.1, 0.15) is 17.0 Å². The fourth-order valence-corrected chi connectivity index (χ4v) is 1.78. The Kier molecular flexibility index (Phi) is 1.58. The zero-order valence-electron chi connectivity index (χ0n) is 6.25. The van der Waals surface area contributed by atoms with Crippen LogP contribution in [0, 0.1) is 0 Å². The van der Waals surface area contributed by atoms with Crippen molar-refractivity contribution in [2.24, 2.45) is 0 Å². The van der Waals surface area contributed by atoms with Crippen molar-refractivity contribution < 1.29 is 9.90 Å². The quantitative estimate of drug-likeness (QED) is 0.722. The second kappa shape index (κ2) is 2.49. The summed E-state index contributed by atoms with van der Waals surface area (Å²) in [5.74, 6) is -1.09. The number of hydrogen-bond donors (Lipinski definition) is 1. The van der Waals surface area contributed by atoms with Gasteiger partial charge in [-0.3, -0.25) is 4.79 Å². The third-order valence-electron chi connectivity index (χ3n) is 2.24. The molecule has 2 rings (SSSR count). The lowest BCUT2D eigenvalue weighted by Crippen LogP contribution is -2.24. The number of fused-ring (bicyclic) bond motifs is 1. The first kappa shape index (κ1) is 7.62. The van der Waals surface area contributed by atoms with E-state index >= 15 is 0 Å². The minimum atomic E-state index is -0.759. The molecule has 0 unspecified atom stereocenters. The van der Waals surface area contributed by atoms with Crippen LogP contribution in [0.5, 0.6) is 0 Å². The summed E-state index contributed by atoms with van der Waals surface area (Å²) >= 11 is 5.84. The van der Waals surface area contributed by atoms with E-state index in [1.807, 2.05) is 6.07 Å². The molecule has 0 saturated carbocycles. The standard InChI is InChI=1S/C9H7ClO2/c10-8-3-1-2-5-6(8)4-7(5)9(11)12/h1-3,7H,4H2,(H,11,12)/t7-/m0/s1. The van der Waals surface area contributed by atoms with Crippen molar-refractivity contribution in [3.63, 3.8) is 0 Å². The highest BCUT2D eigenvalue weighted by Crippen LogP contribution is 2.39. The van der Waals surface area contributed by atoms with E-state index in [4.69, 9.17) is 16.7 Å². The van der Waals surface area contributed by atoms with Crippen molar-refractivity contribution in [1.82, 2.24) is 0 Å². The smallest absolute Gasteiger partial charge is 0.311 e. The number of carbonyl (C=O) groups is 1. The van der Waals surface area contributed by atoms with Crippen molar-refractivity contribution >= 4 is 17.6 Å². The van der Waals surface area contributed by atoms with Crippen LogP contribution in [-0.2, 0) is 11.2 Å². The van der Waals surface area contributed by atoms with E-state index in [2.05, 4.69) is 0 Å². The number of halogens is 1. The molecule has 2 nitrogen and oxygen atoms in total. The minimum absolute atomic E-state index is 0.335. The van der Waals surface area contributed by atoms with Crippen LogP contribution in [0.25, 0.3) is 0 Å². The Bertz CT molecular complexity index is 346. The summed E-state index contributed by atoms with van der Waals surface area (Å²) < 4.78 is 0. The van der Waals surface area contributed by atoms with Gasteiger partial charge in [-0.25, -0.2) is 0 Å². The van der Waals surface area contributed by atoms with Gasteiger partial charge in [-0.05, 0) is 23.6 Å². The molecule has 1 aliphatic carbocycles. The third kappa shape index (κ3) is 0.916. The highest BCUT2D eigenvalue weighted by molar-refractivity contribution is 6.31. The van der Waals surface area contributed by atoms with E-state index in [9.17, 15) is 4.79 Å². The molecular formula is C9H7ClO2. The van der Waals surface area contributed by atoms with E-state index in [1.165, 1.54) is 0 Å². The van der Waals surface area contributed by atoms with Gasteiger partial charge < -0.3 is 5.11 Å². The van der Waals surface area contributed by atoms with Gasteiger partial charge in [0.25, 0.3) is 0 Å². The minimum Gasteiger partial charge on any atom is -0.481 e. The molecule has 0 radical (unpaired) electrons. The molecule has 3 heteroatoms. The van der Waals surface area contributed by atoms with Crippen LogP contribution in [-0.4, -0.2) is 11.1 Å². The van der Waals surface area contributed by atoms with Gasteiger partial charge in [0.15, 0.2) is 0 Å². The predicted molar refractivity (Wildman–Crippen MR) is 45.5 cm³/mol. The number of rotatable bonds is 1. The highest BCUT2D eigenvalue weighted by atomic mass is 35.5. The van der Waals surface area contributed by atoms with Crippen LogP contribution in [0.3, 0.4) is 0 Å². The Hall–Kier alpha value is -1.02. The fraction of sp³-hybridized carbons (Fsp3) is 0.222. The number of carboxylic acids is 1. The molecule has 0 aromatic heterocycles. The average Bonchev–Trinajstić information content (AvgIpc) is 1.92. The maximum Gasteiger partial charge on any atom is 0.311 e. The molecule has 0 bridgehead atoms. The molecule has 0 spiro atoms. The molecule has 1 aromatic rings. The Morgan fingerprint density at radius 3 is 3.00 bits per heavy atom. The number of aliphatic carboxylic acids is 1. The van der Waals surface area contributed by atoms with Crippen molar-refractivity contribution in [1.29, 1.82) is 0 Å². The van der Waals surface area contributed by atoms with Crippen LogP contribution in [0.15, 0.2) is 18.2 Å². The zero-order valence-corrected chi connectivity index (χ0v) is 7.01. The lowest BCUT2D eigenvalue weighted by atomic mass is 9.78. The largest absolute Gasteiger partial charge is 0.481 e. The lowest BCUT2D eigenvalue weighted by molar-refractivity contribution is -0.139. The summed E-state index contributed by atoms with van der Waals surface area (Å²) in [5, 5.41) is 9.41. The van der Waals surface area contributed by atoms with Gasteiger partial charge in [0.2, 0.25) is 0 Å². The van der Waals surface area contributed by atoms with E-state index in [1.54, 1.807) is 12.1 Å². The second-order valence-corrected chi connectivity index (χ2v) is 3.31. The molecule has 0 saturated heterocycles. The molecule has 62 valence electrons. The Morgan fingerprint density at radius 2 is 2.33 bits per heavy atom. The van der Waals surface area contributed by atoms with E-state index in [0.29, 0.717) is 11.4 Å². The van der Waals surface area contributed by atoms with Gasteiger partial charge in [-0.1, -0.05) is 23.7 Å². The Balaban J connectivity index is 2.42. The first-order valence-electron chi connectivity index (χ1n) is 3.70. The van der Waals surface area contributed by atoms with Crippen LogP contribution in [0.4, 0.5) is 0 Å². The summed E-state index contributed by atoms with van der Waals surface area (Å²) in [6.07, 6.45) is 0.574. The maximum atomic E-state index is 10.6. The molecule has 0 amide bonds. The molecule has 0 heterocycles. The topological polar surface area (TPSA) is 37.3 Å². The molecule has 1 aliphatic rings. The molecule has 12 heavy (non-hydrogen) atoms. The molecule has 1 N–H and O–H groups in total. The average molecular weight is 183 g/mol. The first-order chi connectivity index (χ1) is 5.70. The SMILES string of the molecule is O=C(O)[C@H]1Cc2c(Cl)cccc21. The molecule has 1 aromatic carbocycles. The number of carboxylic acid groups (broad SMARTS) is 1. The molecule has 0 aliphatic heterocycles. The first-order valence-corrected chi connectivity index (χ1v) is 4.08. The van der Waals surface area contributed by atoms with E-state index in [0.717, 1.165) is 11.1 Å². The summed E-state index contributed by atoms with van der Waals surface area (Å²) in [6.45, 7) is 0. The molecule has 1 atom stereocenters. The zero-order chi connectivity index (χ0) is 8.72. The summed E-state index contributed by atoms with van der Waals surface area (Å²) in [4.78, 5) is 10.6. The number of hydrogen-bond acceptors (Lipinski definition) is 1. The van der Waals surface area contributed by atoms with Crippen molar-refractivity contribution in [2.45, 2.75) is 12.3 Å². The van der Waals surface area contributed by atoms with Gasteiger partial charge in [-0.15, -0.1) is 0 Å².